The van der Waals surface area contributed by atoms with Crippen molar-refractivity contribution >= 4 is 43.9 Å². The number of nitrogens with zero attached hydrogens (tertiary/aromatic N) is 10. The Kier molecular flexibility index (Phi) is 8.44. The molecule has 0 N–H and O–H groups in total. The number of pyridine rings is 2. The van der Waals surface area contributed by atoms with Gasteiger partial charge in [0, 0.05) is 40.5 Å². The topological polar surface area (TPSA) is 113 Å². The number of halogens is 2. The zero-order valence-corrected chi connectivity index (χ0v) is 28.5. The molecular weight excluding hydrogens is 683 g/mol. The Morgan fingerprint density at radius 3 is 1.72 bits per heavy atom. The molecule has 0 fully saturated rings. The number of benzene rings is 4. The molecule has 6 heterocycles. The van der Waals surface area contributed by atoms with Gasteiger partial charge in [-0.1, -0.05) is 36.4 Å². The number of fused-ring (bicyclic) bond motifs is 4. The van der Waals surface area contributed by atoms with E-state index in [4.69, 9.17) is 0 Å². The molecule has 0 radical (unpaired) electrons. The minimum atomic E-state index is -0.293. The van der Waals surface area contributed by atoms with Crippen molar-refractivity contribution in [3.63, 3.8) is 0 Å². The summed E-state index contributed by atoms with van der Waals surface area (Å²) in [5.41, 5.74) is 9.37. The van der Waals surface area contributed by atoms with Gasteiger partial charge in [-0.05, 0) is 72.8 Å². The number of hydrogen-bond donors (Lipinski definition) is 0. The van der Waals surface area contributed by atoms with E-state index in [1.54, 1.807) is 36.9 Å². The molecule has 0 aliphatic carbocycles. The van der Waals surface area contributed by atoms with Crippen molar-refractivity contribution in [3.05, 3.63) is 169 Å². The lowest BCUT2D eigenvalue weighted by molar-refractivity contribution is 0.628. The summed E-state index contributed by atoms with van der Waals surface area (Å²) >= 11 is 0. The van der Waals surface area contributed by atoms with Crippen molar-refractivity contribution in [1.29, 1.82) is 0 Å². The molecule has 54 heavy (non-hydrogen) atoms. The Balaban J connectivity index is 0.000000142. The van der Waals surface area contributed by atoms with Crippen LogP contribution in [0.15, 0.2) is 146 Å². The molecule has 0 unspecified atom stereocenters. The van der Waals surface area contributed by atoms with Crippen LogP contribution in [0.3, 0.4) is 0 Å². The van der Waals surface area contributed by atoms with E-state index in [0.29, 0.717) is 35.6 Å². The van der Waals surface area contributed by atoms with Crippen LogP contribution in [0.25, 0.3) is 66.4 Å². The monoisotopic (exact) mass is 710 g/mol. The normalized spacial score (nSPS) is 11.3. The van der Waals surface area contributed by atoms with E-state index in [9.17, 15) is 8.78 Å². The molecule has 0 spiro atoms. The second-order valence-electron chi connectivity index (χ2n) is 12.6. The second kappa shape index (κ2) is 14.0. The molecule has 10 aromatic rings. The minimum absolute atomic E-state index is 0.293. The van der Waals surface area contributed by atoms with Crippen LogP contribution in [-0.2, 0) is 13.1 Å². The summed E-state index contributed by atoms with van der Waals surface area (Å²) in [7, 11) is 0. The number of aromatic nitrogens is 10. The van der Waals surface area contributed by atoms with Gasteiger partial charge in [-0.3, -0.25) is 29.3 Å². The summed E-state index contributed by atoms with van der Waals surface area (Å²) in [5, 5.41) is 11.1. The molecule has 0 saturated carbocycles. The molecule has 12 heteroatoms. The van der Waals surface area contributed by atoms with Gasteiger partial charge in [0.05, 0.1) is 87.6 Å². The fraction of sp³-hybridized carbons (Fsp3) is 0.0476. The number of hydrogen-bond acceptors (Lipinski definition) is 8. The van der Waals surface area contributed by atoms with Gasteiger partial charge < -0.3 is 0 Å². The highest BCUT2D eigenvalue weighted by Crippen LogP contribution is 2.26. The molecular formula is C42H28F2N10. The standard InChI is InChI=1S/2C21H14FN5/c22-16-5-3-4-14(8-16)21-11-24-19-9-15-12-27(13-17-6-1-2-7-23-17)26-18(15)10-20(19)25-21;22-16-5-3-4-14(8-16)20-12-24-18-9-15-11-25-27(21(15)10-19(18)26-20)13-17-6-1-2-7-23-17/h2*1-12H,13H2. The van der Waals surface area contributed by atoms with Crippen LogP contribution in [-0.4, -0.2) is 49.5 Å². The van der Waals surface area contributed by atoms with E-state index < -0.39 is 0 Å². The van der Waals surface area contributed by atoms with Crippen molar-refractivity contribution in [2.75, 3.05) is 0 Å². The molecule has 4 aromatic carbocycles. The second-order valence-corrected chi connectivity index (χ2v) is 12.6. The maximum absolute atomic E-state index is 13.5. The van der Waals surface area contributed by atoms with Gasteiger partial charge in [0.2, 0.25) is 0 Å². The lowest BCUT2D eigenvalue weighted by atomic mass is 10.1. The molecule has 0 bridgehead atoms. The highest BCUT2D eigenvalue weighted by Gasteiger charge is 2.11. The van der Waals surface area contributed by atoms with Crippen molar-refractivity contribution in [3.8, 4) is 22.5 Å². The quantitative estimate of drug-likeness (QED) is 0.169. The SMILES string of the molecule is Fc1cccc(-c2cnc3cc4cn(Cc5ccccn5)nc4cc3n2)c1.Fc1cccc(-c2cnc3cc4cnn(Cc5ccccn5)c4cc3n2)c1. The van der Waals surface area contributed by atoms with Gasteiger partial charge in [0.1, 0.15) is 11.6 Å². The highest BCUT2D eigenvalue weighted by molar-refractivity contribution is 5.94. The van der Waals surface area contributed by atoms with Gasteiger partial charge in [-0.2, -0.15) is 10.2 Å². The Morgan fingerprint density at radius 2 is 1.11 bits per heavy atom. The van der Waals surface area contributed by atoms with Crippen LogP contribution in [0, 0.1) is 11.6 Å². The lowest BCUT2D eigenvalue weighted by Gasteiger charge is -2.06. The van der Waals surface area contributed by atoms with Crippen molar-refractivity contribution in [2.45, 2.75) is 13.1 Å². The summed E-state index contributed by atoms with van der Waals surface area (Å²) in [5.74, 6) is -0.587. The van der Waals surface area contributed by atoms with E-state index in [2.05, 4.69) is 40.1 Å². The Labute approximate surface area is 306 Å². The third kappa shape index (κ3) is 6.83. The third-order valence-electron chi connectivity index (χ3n) is 8.85. The molecule has 10 rings (SSSR count). The number of rotatable bonds is 6. The third-order valence-corrected chi connectivity index (χ3v) is 8.85. The van der Waals surface area contributed by atoms with Crippen molar-refractivity contribution < 1.29 is 8.78 Å². The molecule has 260 valence electrons. The van der Waals surface area contributed by atoms with Crippen molar-refractivity contribution in [1.82, 2.24) is 49.5 Å². The highest BCUT2D eigenvalue weighted by atomic mass is 19.1. The first-order valence-corrected chi connectivity index (χ1v) is 17.1. The predicted molar refractivity (Wildman–Crippen MR) is 203 cm³/mol. The average molecular weight is 711 g/mol. The predicted octanol–water partition coefficient (Wildman–Crippen LogP) is 8.46. The Bertz CT molecular complexity index is 2910. The van der Waals surface area contributed by atoms with Crippen LogP contribution in [0.1, 0.15) is 11.4 Å². The molecule has 6 aromatic heterocycles. The van der Waals surface area contributed by atoms with Gasteiger partial charge in [0.15, 0.2) is 0 Å². The fourth-order valence-corrected chi connectivity index (χ4v) is 6.25. The fourth-order valence-electron chi connectivity index (χ4n) is 6.25. The first-order chi connectivity index (χ1) is 26.5. The molecule has 0 aliphatic rings. The van der Waals surface area contributed by atoms with Crippen LogP contribution < -0.4 is 0 Å². The average Bonchev–Trinajstić information content (AvgIpc) is 3.78. The van der Waals surface area contributed by atoms with Gasteiger partial charge in [0.25, 0.3) is 0 Å². The summed E-state index contributed by atoms with van der Waals surface area (Å²) in [6, 6.07) is 32.2. The molecule has 0 aliphatic heterocycles. The van der Waals surface area contributed by atoms with Crippen LogP contribution >= 0.6 is 0 Å². The summed E-state index contributed by atoms with van der Waals surface area (Å²) < 4.78 is 30.8. The Hall–Kier alpha value is -7.34. The summed E-state index contributed by atoms with van der Waals surface area (Å²) in [6.45, 7) is 1.17. The molecule has 0 saturated heterocycles. The first kappa shape index (κ1) is 32.6. The van der Waals surface area contributed by atoms with Gasteiger partial charge in [-0.25, -0.2) is 18.7 Å². The van der Waals surface area contributed by atoms with Crippen molar-refractivity contribution in [2.24, 2.45) is 0 Å². The smallest absolute Gasteiger partial charge is 0.123 e. The first-order valence-electron chi connectivity index (χ1n) is 17.1. The maximum atomic E-state index is 13.5. The van der Waals surface area contributed by atoms with Crippen LogP contribution in [0.2, 0.25) is 0 Å². The largest absolute Gasteiger partial charge is 0.266 e. The Morgan fingerprint density at radius 1 is 0.500 bits per heavy atom. The van der Waals surface area contributed by atoms with E-state index >= 15 is 0 Å². The zero-order chi connectivity index (χ0) is 36.4. The van der Waals surface area contributed by atoms with Crippen LogP contribution in [0.5, 0.6) is 0 Å². The van der Waals surface area contributed by atoms with Gasteiger partial charge in [-0.15, -0.1) is 0 Å². The van der Waals surface area contributed by atoms with E-state index in [1.165, 1.54) is 24.3 Å². The van der Waals surface area contributed by atoms with Gasteiger partial charge >= 0.3 is 0 Å². The molecule has 0 amide bonds. The van der Waals surface area contributed by atoms with E-state index in [-0.39, 0.29) is 11.6 Å². The summed E-state index contributed by atoms with van der Waals surface area (Å²) in [6.07, 6.45) is 10.7. The van der Waals surface area contributed by atoms with E-state index in [0.717, 1.165) is 55.3 Å². The molecule has 10 nitrogen and oxygen atoms in total. The lowest BCUT2D eigenvalue weighted by Crippen LogP contribution is -2.03. The maximum Gasteiger partial charge on any atom is 0.123 e. The zero-order valence-electron chi connectivity index (χ0n) is 28.5. The van der Waals surface area contributed by atoms with E-state index in [1.807, 2.05) is 94.6 Å². The van der Waals surface area contributed by atoms with Crippen LogP contribution in [0.4, 0.5) is 8.78 Å². The summed E-state index contributed by atoms with van der Waals surface area (Å²) in [4.78, 5) is 27.0. The minimum Gasteiger partial charge on any atom is -0.266 e. The molecule has 0 atom stereocenters.